The molecule has 0 aliphatic rings. The van der Waals surface area contributed by atoms with Crippen molar-refractivity contribution in [3.05, 3.63) is 64.5 Å². The van der Waals surface area contributed by atoms with Crippen molar-refractivity contribution < 1.29 is 4.79 Å². The largest absolute Gasteiger partial charge is 0.360 e. The van der Waals surface area contributed by atoms with E-state index in [-0.39, 0.29) is 11.9 Å². The Balaban J connectivity index is 1.86. The number of hydrogen-bond acceptors (Lipinski definition) is 2. The monoisotopic (exact) mass is 343 g/mol. The lowest BCUT2D eigenvalue weighted by Crippen LogP contribution is -2.26. The van der Waals surface area contributed by atoms with Crippen LogP contribution < -0.4 is 5.32 Å². The van der Waals surface area contributed by atoms with Crippen LogP contribution in [0, 0.1) is 0 Å². The van der Waals surface area contributed by atoms with Gasteiger partial charge in [0.05, 0.1) is 11.6 Å². The standard InChI is InChI=1S/C16H14BrN3O/c1-10(11-3-2-6-18-8-11)20-16(21)14-9-19-15-5-4-12(17)7-13(14)15/h2-10,19H,1H3,(H,20,21). The van der Waals surface area contributed by atoms with E-state index in [0.717, 1.165) is 20.9 Å². The van der Waals surface area contributed by atoms with Crippen LogP contribution in [0.2, 0.25) is 0 Å². The molecule has 4 nitrogen and oxygen atoms in total. The van der Waals surface area contributed by atoms with E-state index in [1.807, 2.05) is 37.3 Å². The molecule has 2 aromatic heterocycles. The van der Waals surface area contributed by atoms with Crippen LogP contribution in [0.5, 0.6) is 0 Å². The summed E-state index contributed by atoms with van der Waals surface area (Å²) in [5, 5.41) is 3.90. The van der Waals surface area contributed by atoms with Gasteiger partial charge >= 0.3 is 0 Å². The molecule has 106 valence electrons. The molecule has 0 fully saturated rings. The quantitative estimate of drug-likeness (QED) is 0.759. The highest BCUT2D eigenvalue weighted by molar-refractivity contribution is 9.10. The summed E-state index contributed by atoms with van der Waals surface area (Å²) in [5.41, 5.74) is 2.56. The van der Waals surface area contributed by atoms with Crippen LogP contribution in [-0.4, -0.2) is 15.9 Å². The molecule has 0 radical (unpaired) electrons. The van der Waals surface area contributed by atoms with Crippen molar-refractivity contribution in [3.8, 4) is 0 Å². The molecule has 3 aromatic rings. The summed E-state index contributed by atoms with van der Waals surface area (Å²) >= 11 is 3.43. The molecule has 0 bridgehead atoms. The third-order valence-corrected chi connectivity index (χ3v) is 3.91. The van der Waals surface area contributed by atoms with Gasteiger partial charge in [-0.25, -0.2) is 0 Å². The zero-order valence-electron chi connectivity index (χ0n) is 11.4. The second-order valence-electron chi connectivity index (χ2n) is 4.87. The maximum absolute atomic E-state index is 12.4. The summed E-state index contributed by atoms with van der Waals surface area (Å²) in [7, 11) is 0. The summed E-state index contributed by atoms with van der Waals surface area (Å²) < 4.78 is 0.948. The highest BCUT2D eigenvalue weighted by Crippen LogP contribution is 2.23. The summed E-state index contributed by atoms with van der Waals surface area (Å²) in [5.74, 6) is -0.101. The molecular weight excluding hydrogens is 330 g/mol. The van der Waals surface area contributed by atoms with E-state index in [2.05, 4.69) is 31.2 Å². The van der Waals surface area contributed by atoms with Crippen LogP contribution in [0.25, 0.3) is 10.9 Å². The molecule has 21 heavy (non-hydrogen) atoms. The number of carbonyl (C=O) groups excluding carboxylic acids is 1. The van der Waals surface area contributed by atoms with Gasteiger partial charge in [-0.3, -0.25) is 9.78 Å². The number of pyridine rings is 1. The molecule has 0 saturated carbocycles. The third-order valence-electron chi connectivity index (χ3n) is 3.42. The van der Waals surface area contributed by atoms with E-state index in [0.29, 0.717) is 5.56 Å². The maximum atomic E-state index is 12.4. The van der Waals surface area contributed by atoms with Crippen LogP contribution in [0.1, 0.15) is 28.9 Å². The number of aromatic amines is 1. The highest BCUT2D eigenvalue weighted by Gasteiger charge is 2.15. The summed E-state index contributed by atoms with van der Waals surface area (Å²) in [6, 6.07) is 9.54. The van der Waals surface area contributed by atoms with E-state index < -0.39 is 0 Å². The molecule has 1 unspecified atom stereocenters. The molecule has 0 spiro atoms. The Morgan fingerprint density at radius 3 is 3.00 bits per heavy atom. The first-order chi connectivity index (χ1) is 10.1. The van der Waals surface area contributed by atoms with Crippen molar-refractivity contribution in [2.75, 3.05) is 0 Å². The van der Waals surface area contributed by atoms with Crippen LogP contribution >= 0.6 is 15.9 Å². The van der Waals surface area contributed by atoms with E-state index in [1.54, 1.807) is 18.6 Å². The van der Waals surface area contributed by atoms with Gasteiger partial charge in [0.1, 0.15) is 0 Å². The number of H-pyrrole nitrogens is 1. The first-order valence-corrected chi connectivity index (χ1v) is 7.42. The van der Waals surface area contributed by atoms with Gasteiger partial charge in [0.2, 0.25) is 0 Å². The lowest BCUT2D eigenvalue weighted by atomic mass is 10.1. The van der Waals surface area contributed by atoms with Gasteiger partial charge in [-0.05, 0) is 36.8 Å². The lowest BCUT2D eigenvalue weighted by molar-refractivity contribution is 0.0941. The average Bonchev–Trinajstić information content (AvgIpc) is 2.91. The number of fused-ring (bicyclic) bond motifs is 1. The molecular formula is C16H14BrN3O. The summed E-state index contributed by atoms with van der Waals surface area (Å²) in [6.45, 7) is 1.94. The Hall–Kier alpha value is -2.14. The first-order valence-electron chi connectivity index (χ1n) is 6.62. The Labute approximate surface area is 130 Å². The zero-order valence-corrected chi connectivity index (χ0v) is 13.0. The molecule has 5 heteroatoms. The van der Waals surface area contributed by atoms with Gasteiger partial charge in [0.15, 0.2) is 0 Å². The SMILES string of the molecule is CC(NC(=O)c1c[nH]c2ccc(Br)cc12)c1cccnc1. The van der Waals surface area contributed by atoms with Crippen LogP contribution in [-0.2, 0) is 0 Å². The molecule has 0 aliphatic heterocycles. The van der Waals surface area contributed by atoms with Gasteiger partial charge in [0, 0.05) is 34.0 Å². The Bertz CT molecular complexity index is 783. The number of halogens is 1. The molecule has 2 heterocycles. The van der Waals surface area contributed by atoms with E-state index in [1.165, 1.54) is 0 Å². The van der Waals surface area contributed by atoms with Crippen molar-refractivity contribution in [1.82, 2.24) is 15.3 Å². The fourth-order valence-corrected chi connectivity index (χ4v) is 2.63. The molecule has 1 aromatic carbocycles. The van der Waals surface area contributed by atoms with E-state index in [9.17, 15) is 4.79 Å². The number of amides is 1. The summed E-state index contributed by atoms with van der Waals surface area (Å²) in [4.78, 5) is 19.6. The van der Waals surface area contributed by atoms with E-state index >= 15 is 0 Å². The maximum Gasteiger partial charge on any atom is 0.253 e. The number of hydrogen-bond donors (Lipinski definition) is 2. The van der Waals surface area contributed by atoms with Gasteiger partial charge in [-0.2, -0.15) is 0 Å². The topological polar surface area (TPSA) is 57.8 Å². The number of rotatable bonds is 3. The van der Waals surface area contributed by atoms with E-state index in [4.69, 9.17) is 0 Å². The summed E-state index contributed by atoms with van der Waals surface area (Å²) in [6.07, 6.45) is 5.22. The van der Waals surface area contributed by atoms with Crippen LogP contribution in [0.4, 0.5) is 0 Å². The number of carbonyl (C=O) groups is 1. The van der Waals surface area contributed by atoms with Crippen molar-refractivity contribution in [3.63, 3.8) is 0 Å². The fraction of sp³-hybridized carbons (Fsp3) is 0.125. The second kappa shape index (κ2) is 5.69. The highest BCUT2D eigenvalue weighted by atomic mass is 79.9. The van der Waals surface area contributed by atoms with Crippen LogP contribution in [0.15, 0.2) is 53.4 Å². The fourth-order valence-electron chi connectivity index (χ4n) is 2.27. The molecule has 0 aliphatic carbocycles. The average molecular weight is 344 g/mol. The Morgan fingerprint density at radius 1 is 1.38 bits per heavy atom. The number of aromatic nitrogens is 2. The molecule has 3 rings (SSSR count). The molecule has 2 N–H and O–H groups in total. The number of nitrogens with zero attached hydrogens (tertiary/aromatic N) is 1. The molecule has 1 atom stereocenters. The van der Waals surface area contributed by atoms with Crippen molar-refractivity contribution in [2.45, 2.75) is 13.0 Å². The van der Waals surface area contributed by atoms with Gasteiger partial charge in [-0.1, -0.05) is 22.0 Å². The predicted molar refractivity (Wildman–Crippen MR) is 86.1 cm³/mol. The van der Waals surface area contributed by atoms with Crippen molar-refractivity contribution >= 4 is 32.7 Å². The van der Waals surface area contributed by atoms with Crippen molar-refractivity contribution in [2.24, 2.45) is 0 Å². The van der Waals surface area contributed by atoms with Crippen molar-refractivity contribution in [1.29, 1.82) is 0 Å². The molecule has 0 saturated heterocycles. The third kappa shape index (κ3) is 2.83. The minimum atomic E-state index is -0.101. The number of benzene rings is 1. The second-order valence-corrected chi connectivity index (χ2v) is 5.79. The Kier molecular flexibility index (Phi) is 3.75. The smallest absolute Gasteiger partial charge is 0.253 e. The minimum Gasteiger partial charge on any atom is -0.360 e. The van der Waals surface area contributed by atoms with Gasteiger partial charge in [-0.15, -0.1) is 0 Å². The minimum absolute atomic E-state index is 0.0942. The van der Waals surface area contributed by atoms with Crippen LogP contribution in [0.3, 0.4) is 0 Å². The first kappa shape index (κ1) is 13.8. The zero-order chi connectivity index (χ0) is 14.8. The molecule has 1 amide bonds. The number of nitrogens with one attached hydrogen (secondary N) is 2. The van der Waals surface area contributed by atoms with Gasteiger partial charge in [0.25, 0.3) is 5.91 Å². The predicted octanol–water partition coefficient (Wildman–Crippen LogP) is 3.82. The normalized spacial score (nSPS) is 12.3. The Morgan fingerprint density at radius 2 is 2.24 bits per heavy atom. The van der Waals surface area contributed by atoms with Gasteiger partial charge < -0.3 is 10.3 Å². The lowest BCUT2D eigenvalue weighted by Gasteiger charge is -2.13.